The second kappa shape index (κ2) is 5.19. The van der Waals surface area contributed by atoms with E-state index < -0.39 is 5.97 Å². The van der Waals surface area contributed by atoms with E-state index >= 15 is 0 Å². The zero-order valence-corrected chi connectivity index (χ0v) is 10.8. The third-order valence-corrected chi connectivity index (χ3v) is 3.87. The van der Waals surface area contributed by atoms with Crippen molar-refractivity contribution in [3.63, 3.8) is 0 Å². The lowest BCUT2D eigenvalue weighted by atomic mass is 10.1. The van der Waals surface area contributed by atoms with Gasteiger partial charge in [-0.1, -0.05) is 6.07 Å². The Morgan fingerprint density at radius 2 is 2.37 bits per heavy atom. The number of carboxylic acids is 1. The number of carboxylic acid groups (broad SMARTS) is 1. The van der Waals surface area contributed by atoms with Crippen LogP contribution in [0.15, 0.2) is 18.2 Å². The van der Waals surface area contributed by atoms with Gasteiger partial charge in [-0.2, -0.15) is 0 Å². The van der Waals surface area contributed by atoms with E-state index in [9.17, 15) is 4.79 Å². The molecule has 0 radical (unpaired) electrons. The molecule has 102 valence electrons. The molecule has 2 heterocycles. The van der Waals surface area contributed by atoms with Gasteiger partial charge in [-0.05, 0) is 24.1 Å². The molecule has 0 spiro atoms. The van der Waals surface area contributed by atoms with Crippen LogP contribution >= 0.6 is 0 Å². The fourth-order valence-corrected chi connectivity index (χ4v) is 2.77. The van der Waals surface area contributed by atoms with Crippen LogP contribution in [-0.2, 0) is 11.3 Å². The summed E-state index contributed by atoms with van der Waals surface area (Å²) < 4.78 is 5.45. The largest absolute Gasteiger partial charge is 0.478 e. The Morgan fingerprint density at radius 3 is 3.11 bits per heavy atom. The van der Waals surface area contributed by atoms with Gasteiger partial charge < -0.3 is 15.2 Å². The summed E-state index contributed by atoms with van der Waals surface area (Å²) in [6.45, 7) is 4.32. The van der Waals surface area contributed by atoms with E-state index in [4.69, 9.17) is 9.84 Å². The number of nitrogens with one attached hydrogen (secondary N) is 1. The molecule has 0 saturated carbocycles. The Labute approximate surface area is 112 Å². The van der Waals surface area contributed by atoms with Gasteiger partial charge in [-0.25, -0.2) is 4.79 Å². The van der Waals surface area contributed by atoms with Crippen LogP contribution in [-0.4, -0.2) is 48.3 Å². The maximum Gasteiger partial charge on any atom is 0.335 e. The molecule has 2 N–H and O–H groups in total. The molecule has 19 heavy (non-hydrogen) atoms. The van der Waals surface area contributed by atoms with Crippen molar-refractivity contribution in [3.05, 3.63) is 29.3 Å². The molecule has 3 rings (SSSR count). The molecular formula is C14H18N2O3. The number of aromatic carboxylic acids is 1. The van der Waals surface area contributed by atoms with Gasteiger partial charge >= 0.3 is 5.97 Å². The van der Waals surface area contributed by atoms with Crippen LogP contribution in [0.1, 0.15) is 22.3 Å². The fourth-order valence-electron chi connectivity index (χ4n) is 2.77. The SMILES string of the molecule is O=C(O)c1ccc2c(c1)NCCN(C1CCOC1)C2. The molecule has 1 fully saturated rings. The third kappa shape index (κ3) is 2.57. The van der Waals surface area contributed by atoms with Crippen LogP contribution in [0, 0.1) is 0 Å². The highest BCUT2D eigenvalue weighted by atomic mass is 16.5. The predicted molar refractivity (Wildman–Crippen MR) is 71.5 cm³/mol. The fraction of sp³-hybridized carbons (Fsp3) is 0.500. The van der Waals surface area contributed by atoms with Gasteiger partial charge in [-0.3, -0.25) is 4.90 Å². The quantitative estimate of drug-likeness (QED) is 0.843. The van der Waals surface area contributed by atoms with Crippen LogP contribution in [0.3, 0.4) is 0 Å². The zero-order valence-electron chi connectivity index (χ0n) is 10.8. The lowest BCUT2D eigenvalue weighted by Gasteiger charge is -2.25. The minimum Gasteiger partial charge on any atom is -0.478 e. The molecule has 1 atom stereocenters. The molecule has 0 aromatic heterocycles. The Balaban J connectivity index is 1.82. The first-order valence-electron chi connectivity index (χ1n) is 6.66. The highest BCUT2D eigenvalue weighted by molar-refractivity contribution is 5.89. The van der Waals surface area contributed by atoms with Crippen LogP contribution in [0.25, 0.3) is 0 Å². The lowest BCUT2D eigenvalue weighted by Crippen LogP contribution is -2.36. The monoisotopic (exact) mass is 262 g/mol. The van der Waals surface area contributed by atoms with Crippen molar-refractivity contribution in [2.45, 2.75) is 19.0 Å². The van der Waals surface area contributed by atoms with Crippen molar-refractivity contribution in [1.82, 2.24) is 4.90 Å². The summed E-state index contributed by atoms with van der Waals surface area (Å²) in [7, 11) is 0. The normalized spacial score (nSPS) is 23.5. The van der Waals surface area contributed by atoms with Gasteiger partial charge in [0.25, 0.3) is 0 Å². The smallest absolute Gasteiger partial charge is 0.335 e. The standard InChI is InChI=1S/C14H18N2O3/c17-14(18)10-1-2-11-8-16(12-3-6-19-9-12)5-4-15-13(11)7-10/h1-2,7,12,15H,3-6,8-9H2,(H,17,18). The third-order valence-electron chi connectivity index (χ3n) is 3.87. The minimum absolute atomic E-state index is 0.337. The summed E-state index contributed by atoms with van der Waals surface area (Å²) in [6.07, 6.45) is 1.09. The molecule has 1 unspecified atom stereocenters. The van der Waals surface area contributed by atoms with Crippen molar-refractivity contribution in [2.24, 2.45) is 0 Å². The van der Waals surface area contributed by atoms with E-state index in [2.05, 4.69) is 10.2 Å². The summed E-state index contributed by atoms with van der Waals surface area (Å²) in [4.78, 5) is 13.4. The second-order valence-electron chi connectivity index (χ2n) is 5.09. The van der Waals surface area contributed by atoms with Crippen LogP contribution in [0.2, 0.25) is 0 Å². The maximum atomic E-state index is 11.0. The van der Waals surface area contributed by atoms with Crippen LogP contribution < -0.4 is 5.32 Å². The van der Waals surface area contributed by atoms with Crippen molar-refractivity contribution in [2.75, 3.05) is 31.6 Å². The molecule has 0 amide bonds. The molecule has 2 aliphatic heterocycles. The van der Waals surface area contributed by atoms with E-state index in [1.807, 2.05) is 6.07 Å². The van der Waals surface area contributed by atoms with Gasteiger partial charge in [0.1, 0.15) is 0 Å². The van der Waals surface area contributed by atoms with E-state index in [1.54, 1.807) is 12.1 Å². The van der Waals surface area contributed by atoms with Gasteiger partial charge in [-0.15, -0.1) is 0 Å². The van der Waals surface area contributed by atoms with Crippen molar-refractivity contribution in [3.8, 4) is 0 Å². The second-order valence-corrected chi connectivity index (χ2v) is 5.09. The Hall–Kier alpha value is -1.59. The summed E-state index contributed by atoms with van der Waals surface area (Å²) in [5, 5.41) is 12.4. The van der Waals surface area contributed by atoms with Crippen molar-refractivity contribution < 1.29 is 14.6 Å². The van der Waals surface area contributed by atoms with Crippen molar-refractivity contribution in [1.29, 1.82) is 0 Å². The number of ether oxygens (including phenoxy) is 1. The number of carbonyl (C=O) groups is 1. The van der Waals surface area contributed by atoms with Crippen LogP contribution in [0.5, 0.6) is 0 Å². The molecule has 1 saturated heterocycles. The number of hydrogen-bond acceptors (Lipinski definition) is 4. The summed E-state index contributed by atoms with van der Waals surface area (Å²) in [5.41, 5.74) is 2.44. The molecule has 5 nitrogen and oxygen atoms in total. The molecule has 2 aliphatic rings. The van der Waals surface area contributed by atoms with Gasteiger partial charge in [0.15, 0.2) is 0 Å². The van der Waals surface area contributed by atoms with Crippen LogP contribution in [0.4, 0.5) is 5.69 Å². The Bertz CT molecular complexity index is 484. The maximum absolute atomic E-state index is 11.0. The van der Waals surface area contributed by atoms with E-state index in [0.717, 1.165) is 50.5 Å². The Kier molecular flexibility index (Phi) is 3.40. The van der Waals surface area contributed by atoms with Gasteiger partial charge in [0.2, 0.25) is 0 Å². The first-order valence-corrected chi connectivity index (χ1v) is 6.66. The lowest BCUT2D eigenvalue weighted by molar-refractivity contribution is 0.0697. The molecule has 0 aliphatic carbocycles. The van der Waals surface area contributed by atoms with Crippen molar-refractivity contribution >= 4 is 11.7 Å². The molecular weight excluding hydrogens is 244 g/mol. The van der Waals surface area contributed by atoms with E-state index in [0.29, 0.717) is 11.6 Å². The number of rotatable bonds is 2. The average Bonchev–Trinajstić information content (AvgIpc) is 2.84. The first-order chi connectivity index (χ1) is 9.24. The highest BCUT2D eigenvalue weighted by Crippen LogP contribution is 2.24. The Morgan fingerprint density at radius 1 is 1.47 bits per heavy atom. The summed E-state index contributed by atoms with van der Waals surface area (Å²) in [6, 6.07) is 5.82. The predicted octanol–water partition coefficient (Wildman–Crippen LogP) is 1.40. The highest BCUT2D eigenvalue weighted by Gasteiger charge is 2.25. The zero-order chi connectivity index (χ0) is 13.2. The summed E-state index contributed by atoms with van der Waals surface area (Å²) in [5.74, 6) is -0.880. The topological polar surface area (TPSA) is 61.8 Å². The number of hydrogen-bond donors (Lipinski definition) is 2. The molecule has 5 heteroatoms. The number of benzene rings is 1. The first kappa shape index (κ1) is 12.4. The number of anilines is 1. The average molecular weight is 262 g/mol. The van der Waals surface area contributed by atoms with Gasteiger partial charge in [0.05, 0.1) is 12.2 Å². The summed E-state index contributed by atoms with van der Waals surface area (Å²) >= 11 is 0. The number of nitrogens with zero attached hydrogens (tertiary/aromatic N) is 1. The number of fused-ring (bicyclic) bond motifs is 1. The minimum atomic E-state index is -0.880. The van der Waals surface area contributed by atoms with Gasteiger partial charge in [0, 0.05) is 38.0 Å². The molecule has 0 bridgehead atoms. The molecule has 1 aromatic carbocycles. The molecule has 1 aromatic rings. The van der Waals surface area contributed by atoms with E-state index in [-0.39, 0.29) is 0 Å². The van der Waals surface area contributed by atoms with E-state index in [1.165, 1.54) is 0 Å².